The number of hydrogen-bond acceptors (Lipinski definition) is 2. The van der Waals surface area contributed by atoms with Crippen molar-refractivity contribution in [3.8, 4) is 0 Å². The Labute approximate surface area is 74.5 Å². The summed E-state index contributed by atoms with van der Waals surface area (Å²) < 4.78 is -0.0681. The van der Waals surface area contributed by atoms with Gasteiger partial charge in [-0.05, 0) is 0 Å². The Kier molecular flexibility index (Phi) is 4.82. The minimum Gasteiger partial charge on any atom is -0.0923 e. The summed E-state index contributed by atoms with van der Waals surface area (Å²) in [6.07, 6.45) is 0. The monoisotopic (exact) mass is 204 g/mol. The topological polar surface area (TPSA) is 0 Å². The summed E-state index contributed by atoms with van der Waals surface area (Å²) in [6.45, 7) is 6.38. The highest BCUT2D eigenvalue weighted by Crippen LogP contribution is 2.40. The zero-order valence-electron chi connectivity index (χ0n) is 5.65. The van der Waals surface area contributed by atoms with Crippen molar-refractivity contribution in [3.63, 3.8) is 0 Å². The maximum absolute atomic E-state index is 5.49. The van der Waals surface area contributed by atoms with Crippen LogP contribution in [0, 0.1) is 0 Å². The lowest BCUT2D eigenvalue weighted by molar-refractivity contribution is 0.810. The highest BCUT2D eigenvalue weighted by atomic mass is 35.5. The van der Waals surface area contributed by atoms with Crippen molar-refractivity contribution >= 4 is 44.8 Å². The molecule has 0 aliphatic heterocycles. The van der Waals surface area contributed by atoms with Crippen LogP contribution in [-0.2, 0) is 0 Å². The second kappa shape index (κ2) is 4.22. The third-order valence-electron chi connectivity index (χ3n) is 0.371. The van der Waals surface area contributed by atoms with Gasteiger partial charge in [0.05, 0.1) is 0 Å². The van der Waals surface area contributed by atoms with E-state index in [0.717, 1.165) is 0 Å². The van der Waals surface area contributed by atoms with E-state index < -0.39 is 0 Å². The fraction of sp³-hybridized carbons (Fsp3) is 1.00. The molecular weight excluding hydrogens is 195 g/mol. The quantitative estimate of drug-likeness (QED) is 0.495. The molecule has 0 fully saturated rings. The van der Waals surface area contributed by atoms with Crippen LogP contribution in [0.5, 0.6) is 0 Å². The molecule has 0 atom stereocenters. The SMILES string of the molecule is CC(C)(C)SSC(Cl)Cl. The van der Waals surface area contributed by atoms with E-state index in [1.807, 2.05) is 0 Å². The van der Waals surface area contributed by atoms with E-state index in [0.29, 0.717) is 0 Å². The average molecular weight is 205 g/mol. The van der Waals surface area contributed by atoms with Gasteiger partial charge >= 0.3 is 0 Å². The molecule has 0 saturated carbocycles. The van der Waals surface area contributed by atoms with Crippen LogP contribution in [0.2, 0.25) is 0 Å². The zero-order chi connectivity index (χ0) is 7.49. The van der Waals surface area contributed by atoms with Gasteiger partial charge in [-0.25, -0.2) is 0 Å². The van der Waals surface area contributed by atoms with E-state index in [1.165, 1.54) is 10.8 Å². The highest BCUT2D eigenvalue weighted by molar-refractivity contribution is 8.78. The van der Waals surface area contributed by atoms with Gasteiger partial charge in [0, 0.05) is 4.75 Å². The lowest BCUT2D eigenvalue weighted by Crippen LogP contribution is -2.04. The van der Waals surface area contributed by atoms with Gasteiger partial charge in [-0.3, -0.25) is 0 Å². The summed E-state index contributed by atoms with van der Waals surface area (Å²) in [5, 5.41) is 0. The summed E-state index contributed by atoms with van der Waals surface area (Å²) >= 11 is 11.0. The molecular formula is C5H10Cl2S2. The molecule has 0 nitrogen and oxygen atoms in total. The van der Waals surface area contributed by atoms with Crippen LogP contribution >= 0.6 is 44.8 Å². The van der Waals surface area contributed by atoms with E-state index in [4.69, 9.17) is 23.2 Å². The third kappa shape index (κ3) is 9.28. The molecule has 56 valence electrons. The molecule has 0 aliphatic rings. The molecule has 0 aliphatic carbocycles. The average Bonchev–Trinajstić information content (AvgIpc) is 1.59. The van der Waals surface area contributed by atoms with Gasteiger partial charge in [0.2, 0.25) is 0 Å². The minimum atomic E-state index is -0.311. The normalized spacial score (nSPS) is 12.7. The molecule has 0 aromatic rings. The number of hydrogen-bond donors (Lipinski definition) is 0. The fourth-order valence-corrected chi connectivity index (χ4v) is 2.28. The van der Waals surface area contributed by atoms with Crippen LogP contribution in [0.25, 0.3) is 0 Å². The highest BCUT2D eigenvalue weighted by Gasteiger charge is 2.12. The maximum atomic E-state index is 5.49. The van der Waals surface area contributed by atoms with Gasteiger partial charge in [0.15, 0.2) is 4.17 Å². The molecule has 0 spiro atoms. The molecule has 0 bridgehead atoms. The predicted molar refractivity (Wildman–Crippen MR) is 50.4 cm³/mol. The van der Waals surface area contributed by atoms with Crippen molar-refractivity contribution in [1.29, 1.82) is 0 Å². The van der Waals surface area contributed by atoms with Crippen LogP contribution in [0.3, 0.4) is 0 Å². The van der Waals surface area contributed by atoms with Gasteiger partial charge in [-0.2, -0.15) is 0 Å². The second-order valence-corrected chi connectivity index (χ2v) is 7.30. The van der Waals surface area contributed by atoms with Crippen molar-refractivity contribution in [2.24, 2.45) is 0 Å². The number of halogens is 2. The first kappa shape index (κ1) is 10.3. The lowest BCUT2D eigenvalue weighted by atomic mass is 10.3. The predicted octanol–water partition coefficient (Wildman–Crippen LogP) is 3.93. The minimum absolute atomic E-state index is 0.243. The molecule has 0 N–H and O–H groups in total. The summed E-state index contributed by atoms with van der Waals surface area (Å²) in [5.41, 5.74) is 0. The Bertz CT molecular complexity index is 77.5. The van der Waals surface area contributed by atoms with Crippen molar-refractivity contribution in [2.45, 2.75) is 29.7 Å². The molecule has 0 aromatic carbocycles. The first-order valence-electron chi connectivity index (χ1n) is 2.54. The Morgan fingerprint density at radius 3 is 1.78 bits per heavy atom. The summed E-state index contributed by atoms with van der Waals surface area (Å²) in [5.74, 6) is 0. The maximum Gasteiger partial charge on any atom is 0.162 e. The van der Waals surface area contributed by atoms with Crippen LogP contribution in [0.1, 0.15) is 20.8 Å². The van der Waals surface area contributed by atoms with Gasteiger partial charge in [-0.1, -0.05) is 65.6 Å². The van der Waals surface area contributed by atoms with Crippen molar-refractivity contribution in [1.82, 2.24) is 0 Å². The van der Waals surface area contributed by atoms with Gasteiger partial charge in [0.25, 0.3) is 0 Å². The Hall–Kier alpha value is 1.28. The Balaban J connectivity index is 3.28. The molecule has 0 amide bonds. The van der Waals surface area contributed by atoms with E-state index >= 15 is 0 Å². The summed E-state index contributed by atoms with van der Waals surface area (Å²) in [6, 6.07) is 0. The smallest absolute Gasteiger partial charge is 0.0923 e. The first-order valence-corrected chi connectivity index (χ1v) is 5.63. The van der Waals surface area contributed by atoms with Gasteiger partial charge < -0.3 is 0 Å². The molecule has 0 unspecified atom stereocenters. The van der Waals surface area contributed by atoms with Crippen LogP contribution in [0.4, 0.5) is 0 Å². The van der Waals surface area contributed by atoms with E-state index in [1.54, 1.807) is 10.8 Å². The van der Waals surface area contributed by atoms with Crippen molar-refractivity contribution in [3.05, 3.63) is 0 Å². The van der Waals surface area contributed by atoms with Crippen LogP contribution in [0.15, 0.2) is 0 Å². The van der Waals surface area contributed by atoms with Crippen LogP contribution < -0.4 is 0 Å². The largest absolute Gasteiger partial charge is 0.162 e. The zero-order valence-corrected chi connectivity index (χ0v) is 8.79. The van der Waals surface area contributed by atoms with Crippen molar-refractivity contribution in [2.75, 3.05) is 0 Å². The molecule has 0 radical (unpaired) electrons. The van der Waals surface area contributed by atoms with Crippen LogP contribution in [-0.4, -0.2) is 8.92 Å². The summed E-state index contributed by atoms with van der Waals surface area (Å²) in [7, 11) is 3.18. The molecule has 0 heterocycles. The molecule has 0 aromatic heterocycles. The molecule has 9 heavy (non-hydrogen) atoms. The Morgan fingerprint density at radius 2 is 1.67 bits per heavy atom. The third-order valence-corrected chi connectivity index (χ3v) is 4.65. The molecule has 0 saturated heterocycles. The van der Waals surface area contributed by atoms with E-state index in [2.05, 4.69) is 20.8 Å². The molecule has 0 rings (SSSR count). The fourth-order valence-electron chi connectivity index (χ4n) is 0.181. The summed E-state index contributed by atoms with van der Waals surface area (Å²) in [4.78, 5) is 0. The van der Waals surface area contributed by atoms with Gasteiger partial charge in [0.1, 0.15) is 0 Å². The first-order chi connectivity index (χ1) is 3.92. The standard InChI is InChI=1S/C5H10Cl2S2/c1-5(2,3)9-8-4(6)7/h4H,1-3H3. The lowest BCUT2D eigenvalue weighted by Gasteiger charge is -2.15. The van der Waals surface area contributed by atoms with E-state index in [9.17, 15) is 0 Å². The van der Waals surface area contributed by atoms with Gasteiger partial charge in [-0.15, -0.1) is 0 Å². The molecule has 4 heteroatoms. The second-order valence-electron chi connectivity index (χ2n) is 2.55. The number of alkyl halides is 2. The number of rotatable bonds is 2. The Morgan fingerprint density at radius 1 is 1.22 bits per heavy atom. The van der Waals surface area contributed by atoms with Crippen molar-refractivity contribution < 1.29 is 0 Å². The van der Waals surface area contributed by atoms with E-state index in [-0.39, 0.29) is 8.92 Å².